The molecule has 1 unspecified atom stereocenters. The lowest BCUT2D eigenvalue weighted by Crippen LogP contribution is -2.67. The molecule has 1 aliphatic rings. The van der Waals surface area contributed by atoms with E-state index in [-0.39, 0.29) is 36.7 Å². The number of fused-ring (bicyclic) bond motifs is 1. The van der Waals surface area contributed by atoms with Gasteiger partial charge in [-0.1, -0.05) is 104 Å². The highest BCUT2D eigenvalue weighted by molar-refractivity contribution is 7.32. The molecule has 2 aromatic heterocycles. The first-order valence-corrected chi connectivity index (χ1v) is 18.9. The number of amides is 1. The summed E-state index contributed by atoms with van der Waals surface area (Å²) in [6.45, 7) is 5.72. The van der Waals surface area contributed by atoms with Gasteiger partial charge < -0.3 is 19.0 Å². The van der Waals surface area contributed by atoms with Gasteiger partial charge in [-0.2, -0.15) is 4.98 Å². The lowest BCUT2D eigenvalue weighted by Gasteiger charge is -2.43. The van der Waals surface area contributed by atoms with Crippen molar-refractivity contribution in [1.29, 1.82) is 0 Å². The number of imidazole rings is 1. The molecular formula is C34H37N5O9PSi+. The molecule has 3 aromatic carbocycles. The molecule has 0 aliphatic carbocycles. The van der Waals surface area contributed by atoms with E-state index in [1.807, 2.05) is 66.7 Å². The quantitative estimate of drug-likeness (QED) is 0.0842. The largest absolute Gasteiger partial charge is 0.697 e. The molecule has 0 radical (unpaired) electrons. The van der Waals surface area contributed by atoms with Crippen molar-refractivity contribution in [3.05, 3.63) is 108 Å². The maximum Gasteiger partial charge on any atom is 0.697 e. The smallest absolute Gasteiger partial charge is 0.484 e. The molecule has 0 bridgehead atoms. The number of aromatic amines is 1. The number of nitrogens with zero attached hydrogens (tertiary/aromatic N) is 3. The Bertz CT molecular complexity index is 1990. The van der Waals surface area contributed by atoms with Crippen LogP contribution in [0, 0.1) is 0 Å². The number of benzene rings is 3. The van der Waals surface area contributed by atoms with Gasteiger partial charge in [0.2, 0.25) is 5.95 Å². The number of H-pyrrole nitrogens is 1. The molecule has 4 N–H and O–H groups in total. The number of ether oxygens (including phenoxy) is 2. The molecule has 1 saturated heterocycles. The van der Waals surface area contributed by atoms with Crippen LogP contribution in [-0.4, -0.2) is 68.8 Å². The van der Waals surface area contributed by atoms with E-state index in [1.165, 1.54) is 10.9 Å². The summed E-state index contributed by atoms with van der Waals surface area (Å²) in [6.07, 6.45) is -1.36. The Hall–Kier alpha value is -4.60. The van der Waals surface area contributed by atoms with Crippen LogP contribution in [0.1, 0.15) is 33.4 Å². The topological polar surface area (TPSA) is 187 Å². The Morgan fingerprint density at radius 2 is 1.66 bits per heavy atom. The third-order valence-corrected chi connectivity index (χ3v) is 14.0. The summed E-state index contributed by atoms with van der Waals surface area (Å²) in [4.78, 5) is 46.4. The Labute approximate surface area is 289 Å². The second-order valence-corrected chi connectivity index (χ2v) is 17.8. The van der Waals surface area contributed by atoms with Crippen LogP contribution in [0.5, 0.6) is 5.75 Å². The van der Waals surface area contributed by atoms with E-state index < -0.39 is 51.2 Å². The Balaban J connectivity index is 1.29. The van der Waals surface area contributed by atoms with Gasteiger partial charge in [-0.3, -0.25) is 24.5 Å². The predicted molar refractivity (Wildman–Crippen MR) is 187 cm³/mol. The first-order chi connectivity index (χ1) is 23.9. The molecule has 0 saturated carbocycles. The molecule has 1 aliphatic heterocycles. The summed E-state index contributed by atoms with van der Waals surface area (Å²) in [6, 6.07) is 28.4. The molecule has 4 atom stereocenters. The number of aliphatic hydroxyl groups is 1. The maximum atomic E-state index is 12.9. The molecule has 14 nitrogen and oxygen atoms in total. The van der Waals surface area contributed by atoms with Crippen molar-refractivity contribution in [2.24, 2.45) is 0 Å². The van der Waals surface area contributed by atoms with Crippen LogP contribution >= 0.6 is 8.25 Å². The number of hydrogen-bond donors (Lipinski definition) is 4. The minimum atomic E-state index is -3.27. The summed E-state index contributed by atoms with van der Waals surface area (Å²) in [5.74, 6) is -2.53. The third kappa shape index (κ3) is 7.16. The fourth-order valence-corrected chi connectivity index (χ4v) is 11.3. The number of hydrogen-bond acceptors (Lipinski definition) is 10. The summed E-state index contributed by atoms with van der Waals surface area (Å²) < 4.78 is 37.3. The average molecular weight is 719 g/mol. The molecule has 6 rings (SSSR count). The maximum absolute atomic E-state index is 12.9. The normalized spacial score (nSPS) is 19.7. The number of nitrogens with one attached hydrogen (secondary N) is 2. The first-order valence-electron chi connectivity index (χ1n) is 15.8. The molecular weight excluding hydrogens is 681 g/mol. The minimum absolute atomic E-state index is 0.0299. The van der Waals surface area contributed by atoms with Gasteiger partial charge in [-0.25, -0.2) is 4.98 Å². The third-order valence-electron chi connectivity index (χ3n) is 8.51. The van der Waals surface area contributed by atoms with Gasteiger partial charge in [-0.05, 0) is 27.5 Å². The van der Waals surface area contributed by atoms with Crippen LogP contribution in [0.3, 0.4) is 0 Å². The Morgan fingerprint density at radius 1 is 1.06 bits per heavy atom. The van der Waals surface area contributed by atoms with Crippen molar-refractivity contribution in [1.82, 2.24) is 19.5 Å². The number of rotatable bonds is 12. The highest BCUT2D eigenvalue weighted by Gasteiger charge is 2.58. The van der Waals surface area contributed by atoms with Crippen molar-refractivity contribution in [3.63, 3.8) is 0 Å². The SMILES string of the molecule is CC(C)(C)[Si](OC[C@H]1O[C@@H](n2cnc3c(=O)[nH]c(NC(=O)COc4ccccc4)nc32)C[C@]1(O)O[P+](=O)O)(c1ccccc1)c1ccccc1. The standard InChI is InChI=1S/C34H36N5O9PSi/c1-33(2,3)50(24-15-9-5-10-16-24,25-17-11-6-12-18-25)46-20-26-34(42,48-49(43)44)19-28(47-26)39-22-35-29-30(39)37-32(38-31(29)41)36-27(40)21-45-23-13-7-4-8-14-23/h4-18,22,26,28,42H,19-21H2,1-3H3,(H2-,36,37,38,40,41,43,44)/p+1/t26-,28-,34+/m1/s1. The predicted octanol–water partition coefficient (Wildman–Crippen LogP) is 3.36. The van der Waals surface area contributed by atoms with Crippen LogP contribution in [0.15, 0.2) is 102 Å². The molecule has 50 heavy (non-hydrogen) atoms. The second kappa shape index (κ2) is 14.3. The molecule has 16 heteroatoms. The molecule has 3 heterocycles. The van der Waals surface area contributed by atoms with Crippen LogP contribution in [0.4, 0.5) is 5.95 Å². The van der Waals surface area contributed by atoms with E-state index in [2.05, 4.69) is 41.0 Å². The fourth-order valence-electron chi connectivity index (χ4n) is 6.28. The number of carbonyl (C=O) groups is 1. The Morgan fingerprint density at radius 3 is 2.24 bits per heavy atom. The van der Waals surface area contributed by atoms with Crippen molar-refractivity contribution >= 4 is 50.0 Å². The van der Waals surface area contributed by atoms with E-state index in [4.69, 9.17) is 18.4 Å². The fraction of sp³-hybridized carbons (Fsp3) is 0.294. The van der Waals surface area contributed by atoms with E-state index in [0.717, 1.165) is 10.4 Å². The zero-order chi connectivity index (χ0) is 35.5. The van der Waals surface area contributed by atoms with Crippen LogP contribution in [0.2, 0.25) is 5.04 Å². The van der Waals surface area contributed by atoms with Gasteiger partial charge in [0.25, 0.3) is 25.6 Å². The van der Waals surface area contributed by atoms with E-state index >= 15 is 0 Å². The first kappa shape index (κ1) is 35.2. The summed E-state index contributed by atoms with van der Waals surface area (Å²) in [7, 11) is -6.39. The van der Waals surface area contributed by atoms with Gasteiger partial charge in [0.05, 0.1) is 19.4 Å². The van der Waals surface area contributed by atoms with E-state index in [0.29, 0.717) is 5.75 Å². The van der Waals surface area contributed by atoms with Crippen molar-refractivity contribution in [3.8, 4) is 5.75 Å². The second-order valence-electron chi connectivity index (χ2n) is 12.8. The Kier molecular flexibility index (Phi) is 10.1. The van der Waals surface area contributed by atoms with Gasteiger partial charge >= 0.3 is 8.25 Å². The van der Waals surface area contributed by atoms with Crippen molar-refractivity contribution in [2.45, 2.75) is 50.3 Å². The van der Waals surface area contributed by atoms with Gasteiger partial charge in [0, 0.05) is 4.57 Å². The zero-order valence-electron chi connectivity index (χ0n) is 27.6. The summed E-state index contributed by atoms with van der Waals surface area (Å²) in [5.41, 5.74) is -0.665. The minimum Gasteiger partial charge on any atom is -0.484 e. The van der Waals surface area contributed by atoms with E-state index in [9.17, 15) is 24.2 Å². The van der Waals surface area contributed by atoms with E-state index in [1.54, 1.807) is 24.3 Å². The lowest BCUT2D eigenvalue weighted by molar-refractivity contribution is -0.183. The molecule has 1 amide bonds. The molecule has 260 valence electrons. The van der Waals surface area contributed by atoms with Gasteiger partial charge in [-0.15, -0.1) is 4.89 Å². The number of para-hydroxylation sites is 1. The van der Waals surface area contributed by atoms with Crippen LogP contribution in [0.25, 0.3) is 11.2 Å². The van der Waals surface area contributed by atoms with Crippen molar-refractivity contribution in [2.75, 3.05) is 18.5 Å². The highest BCUT2D eigenvalue weighted by atomic mass is 31.1. The van der Waals surface area contributed by atoms with Crippen molar-refractivity contribution < 1.29 is 37.8 Å². The highest BCUT2D eigenvalue weighted by Crippen LogP contribution is 2.44. The lowest BCUT2D eigenvalue weighted by atomic mass is 10.1. The average Bonchev–Trinajstić information content (AvgIpc) is 3.65. The van der Waals surface area contributed by atoms with Crippen LogP contribution in [-0.2, 0) is 23.0 Å². The molecule has 1 fully saturated rings. The van der Waals surface area contributed by atoms with Crippen LogP contribution < -0.4 is 26.0 Å². The summed E-state index contributed by atoms with van der Waals surface area (Å²) in [5, 5.41) is 15.8. The number of anilines is 1. The van der Waals surface area contributed by atoms with Gasteiger partial charge in [0.1, 0.15) is 18.1 Å². The number of carbonyl (C=O) groups excluding carboxylic acids is 1. The molecule has 5 aromatic rings. The monoisotopic (exact) mass is 718 g/mol. The molecule has 0 spiro atoms. The van der Waals surface area contributed by atoms with Gasteiger partial charge in [0.15, 0.2) is 17.8 Å². The summed E-state index contributed by atoms with van der Waals surface area (Å²) >= 11 is 0. The zero-order valence-corrected chi connectivity index (χ0v) is 29.4. The number of aromatic nitrogens is 4.